The third kappa shape index (κ3) is 6.19. The molecule has 33 heavy (non-hydrogen) atoms. The normalized spacial score (nSPS) is 17.5. The third-order valence-electron chi connectivity index (χ3n) is 7.01. The maximum Gasteiger partial charge on any atom is 0.236 e. The third-order valence-corrected chi connectivity index (χ3v) is 7.01. The second-order valence-corrected chi connectivity index (χ2v) is 9.26. The van der Waals surface area contributed by atoms with Gasteiger partial charge in [-0.25, -0.2) is 4.68 Å². The summed E-state index contributed by atoms with van der Waals surface area (Å²) in [4.78, 5) is 26.5. The molecule has 2 aliphatic heterocycles. The Morgan fingerprint density at radius 1 is 1.09 bits per heavy atom. The van der Waals surface area contributed by atoms with Crippen LogP contribution in [0.4, 0.5) is 0 Å². The Morgan fingerprint density at radius 3 is 2.61 bits per heavy atom. The Kier molecular flexibility index (Phi) is 8.11. The number of fused-ring (bicyclic) bond motifs is 1. The van der Waals surface area contributed by atoms with E-state index in [0.29, 0.717) is 6.54 Å². The van der Waals surface area contributed by atoms with E-state index in [1.165, 1.54) is 18.5 Å². The average Bonchev–Trinajstić information content (AvgIpc) is 3.26. The smallest absolute Gasteiger partial charge is 0.236 e. The number of amides is 1. The van der Waals surface area contributed by atoms with E-state index >= 15 is 0 Å². The minimum absolute atomic E-state index is 0.262. The topological polar surface area (TPSA) is 60.7 Å². The molecule has 4 rings (SSSR count). The lowest BCUT2D eigenvalue weighted by molar-refractivity contribution is -0.134. The molecule has 2 aliphatic rings. The second-order valence-electron chi connectivity index (χ2n) is 9.26. The average molecular weight is 454 g/mol. The summed E-state index contributed by atoms with van der Waals surface area (Å²) in [7, 11) is 0. The van der Waals surface area contributed by atoms with Crippen LogP contribution in [0.15, 0.2) is 24.5 Å². The molecule has 0 radical (unpaired) electrons. The Hall–Kier alpha value is -2.29. The minimum Gasteiger partial charge on any atom is -0.339 e. The number of pyridine rings is 1. The van der Waals surface area contributed by atoms with Gasteiger partial charge >= 0.3 is 0 Å². The molecule has 2 aromatic rings. The van der Waals surface area contributed by atoms with Crippen molar-refractivity contribution in [3.05, 3.63) is 41.5 Å². The van der Waals surface area contributed by atoms with Gasteiger partial charge in [0.1, 0.15) is 0 Å². The molecule has 1 saturated heterocycles. The fourth-order valence-electron chi connectivity index (χ4n) is 4.88. The van der Waals surface area contributed by atoms with Gasteiger partial charge in [0.2, 0.25) is 5.91 Å². The summed E-state index contributed by atoms with van der Waals surface area (Å²) in [5, 5.41) is 4.78. The van der Waals surface area contributed by atoms with E-state index in [1.807, 2.05) is 29.9 Å². The molecule has 1 fully saturated rings. The number of piperazine rings is 1. The molecule has 180 valence electrons. The number of nitrogens with zero attached hydrogens (tertiary/aromatic N) is 7. The molecule has 0 unspecified atom stereocenters. The summed E-state index contributed by atoms with van der Waals surface area (Å²) in [6.07, 6.45) is 6.03. The first kappa shape index (κ1) is 23.9. The summed E-state index contributed by atoms with van der Waals surface area (Å²) >= 11 is 0. The lowest BCUT2D eigenvalue weighted by Crippen LogP contribution is -2.51. The molecule has 4 heterocycles. The quantitative estimate of drug-likeness (QED) is 0.577. The van der Waals surface area contributed by atoms with Gasteiger partial charge in [0.15, 0.2) is 0 Å². The van der Waals surface area contributed by atoms with Crippen molar-refractivity contribution in [2.45, 2.75) is 40.2 Å². The highest BCUT2D eigenvalue weighted by atomic mass is 16.2. The predicted molar refractivity (Wildman–Crippen MR) is 131 cm³/mol. The van der Waals surface area contributed by atoms with Crippen molar-refractivity contribution < 1.29 is 4.79 Å². The van der Waals surface area contributed by atoms with E-state index in [2.05, 4.69) is 44.6 Å². The first-order valence-electron chi connectivity index (χ1n) is 12.5. The van der Waals surface area contributed by atoms with Crippen molar-refractivity contribution in [3.63, 3.8) is 0 Å². The van der Waals surface area contributed by atoms with Crippen LogP contribution in [0.5, 0.6) is 0 Å². The summed E-state index contributed by atoms with van der Waals surface area (Å²) < 4.78 is 1.95. The number of aryl methyl sites for hydroxylation is 1. The fraction of sp³-hybridized carbons (Fsp3) is 0.640. The molecule has 0 atom stereocenters. The molecule has 0 aliphatic carbocycles. The maximum atomic E-state index is 13.0. The molecule has 2 aromatic heterocycles. The fourth-order valence-corrected chi connectivity index (χ4v) is 4.88. The van der Waals surface area contributed by atoms with Crippen LogP contribution in [0.1, 0.15) is 37.2 Å². The monoisotopic (exact) mass is 453 g/mol. The van der Waals surface area contributed by atoms with Crippen LogP contribution in [-0.2, 0) is 17.8 Å². The number of hydrogen-bond acceptors (Lipinski definition) is 6. The molecule has 0 N–H and O–H groups in total. The lowest BCUT2D eigenvalue weighted by atomic mass is 10.1. The Labute approximate surface area is 198 Å². The van der Waals surface area contributed by atoms with E-state index in [4.69, 9.17) is 5.10 Å². The Balaban J connectivity index is 1.23. The zero-order chi connectivity index (χ0) is 23.2. The van der Waals surface area contributed by atoms with Crippen LogP contribution in [0, 0.1) is 6.92 Å². The zero-order valence-corrected chi connectivity index (χ0v) is 20.5. The van der Waals surface area contributed by atoms with Crippen molar-refractivity contribution >= 4 is 5.91 Å². The summed E-state index contributed by atoms with van der Waals surface area (Å²) in [5.74, 6) is 0.262. The Morgan fingerprint density at radius 2 is 1.88 bits per heavy atom. The molecule has 1 amide bonds. The molecule has 0 bridgehead atoms. The molecule has 8 nitrogen and oxygen atoms in total. The van der Waals surface area contributed by atoms with Crippen LogP contribution in [-0.4, -0.2) is 106 Å². The number of carbonyl (C=O) groups excluding carboxylic acids is 1. The molecule has 8 heteroatoms. The lowest BCUT2D eigenvalue weighted by Gasteiger charge is -2.36. The van der Waals surface area contributed by atoms with Crippen molar-refractivity contribution in [3.8, 4) is 5.69 Å². The van der Waals surface area contributed by atoms with Crippen LogP contribution in [0.25, 0.3) is 5.69 Å². The zero-order valence-electron chi connectivity index (χ0n) is 20.5. The SMILES string of the molecule is CCN(CC)CCCN1CCN(C(=O)CN2CCc3nn(-c4ccnc(C)c4)cc3C2)CC1. The standard InChI is InChI=1S/C25H39N7O/c1-4-28(5-2)10-6-11-29-13-15-31(16-14-29)25(33)20-30-12-8-24-22(18-30)19-32(27-24)23-7-9-26-21(3)17-23/h7,9,17,19H,4-6,8,10-16,18,20H2,1-3H3. The number of aromatic nitrogens is 3. The highest BCUT2D eigenvalue weighted by molar-refractivity contribution is 5.78. The van der Waals surface area contributed by atoms with Crippen molar-refractivity contribution in [2.75, 3.05) is 65.4 Å². The molecule has 0 aromatic carbocycles. The van der Waals surface area contributed by atoms with Crippen molar-refractivity contribution in [2.24, 2.45) is 0 Å². The number of hydrogen-bond donors (Lipinski definition) is 0. The first-order valence-corrected chi connectivity index (χ1v) is 12.5. The molecular weight excluding hydrogens is 414 g/mol. The van der Waals surface area contributed by atoms with E-state index in [0.717, 1.165) is 82.4 Å². The van der Waals surface area contributed by atoms with Gasteiger partial charge in [-0.2, -0.15) is 5.10 Å². The van der Waals surface area contributed by atoms with E-state index < -0.39 is 0 Å². The van der Waals surface area contributed by atoms with Crippen molar-refractivity contribution in [1.82, 2.24) is 34.4 Å². The van der Waals surface area contributed by atoms with Crippen LogP contribution >= 0.6 is 0 Å². The second kappa shape index (κ2) is 11.2. The first-order chi connectivity index (χ1) is 16.1. The largest absolute Gasteiger partial charge is 0.339 e. The highest BCUT2D eigenvalue weighted by Gasteiger charge is 2.26. The van der Waals surface area contributed by atoms with Gasteiger partial charge in [0.25, 0.3) is 0 Å². The van der Waals surface area contributed by atoms with Gasteiger partial charge in [0.05, 0.1) is 17.9 Å². The van der Waals surface area contributed by atoms with Crippen LogP contribution in [0.3, 0.4) is 0 Å². The summed E-state index contributed by atoms with van der Waals surface area (Å²) in [6.45, 7) is 16.9. The van der Waals surface area contributed by atoms with E-state index in [9.17, 15) is 4.79 Å². The highest BCUT2D eigenvalue weighted by Crippen LogP contribution is 2.20. The number of carbonyl (C=O) groups is 1. The summed E-state index contributed by atoms with van der Waals surface area (Å²) in [6, 6.07) is 4.03. The van der Waals surface area contributed by atoms with E-state index in [-0.39, 0.29) is 5.91 Å². The van der Waals surface area contributed by atoms with Crippen LogP contribution in [0.2, 0.25) is 0 Å². The molecule has 0 saturated carbocycles. The summed E-state index contributed by atoms with van der Waals surface area (Å²) in [5.41, 5.74) is 4.39. The predicted octanol–water partition coefficient (Wildman–Crippen LogP) is 1.81. The van der Waals surface area contributed by atoms with Gasteiger partial charge in [0, 0.05) is 69.3 Å². The minimum atomic E-state index is 0.262. The van der Waals surface area contributed by atoms with Gasteiger partial charge in [-0.05, 0) is 51.7 Å². The van der Waals surface area contributed by atoms with Gasteiger partial charge in [-0.3, -0.25) is 19.6 Å². The number of rotatable bonds is 9. The molecule has 0 spiro atoms. The van der Waals surface area contributed by atoms with Gasteiger partial charge in [-0.15, -0.1) is 0 Å². The van der Waals surface area contributed by atoms with Crippen molar-refractivity contribution in [1.29, 1.82) is 0 Å². The van der Waals surface area contributed by atoms with Crippen LogP contribution < -0.4 is 0 Å². The Bertz CT molecular complexity index is 915. The van der Waals surface area contributed by atoms with Gasteiger partial charge in [-0.1, -0.05) is 13.8 Å². The molecular formula is C25H39N7O. The van der Waals surface area contributed by atoms with Gasteiger partial charge < -0.3 is 9.80 Å². The van der Waals surface area contributed by atoms with E-state index in [1.54, 1.807) is 0 Å². The maximum absolute atomic E-state index is 13.0.